The van der Waals surface area contributed by atoms with Gasteiger partial charge in [-0.2, -0.15) is 13.2 Å². The normalized spacial score (nSPS) is 12.7. The standard InChI is InChI=1S/C8H4F7NO2/c9-6-4(18-8(13,14)15)1-16-3(2-17)5(6)7(10,11)12/h1,17H,2H2. The summed E-state index contributed by atoms with van der Waals surface area (Å²) in [6.45, 7) is -1.28. The van der Waals surface area contributed by atoms with Crippen molar-refractivity contribution in [3.05, 3.63) is 23.3 Å². The Morgan fingerprint density at radius 3 is 2.11 bits per heavy atom. The van der Waals surface area contributed by atoms with Gasteiger partial charge in [-0.25, -0.2) is 4.39 Å². The van der Waals surface area contributed by atoms with Crippen molar-refractivity contribution in [2.45, 2.75) is 19.1 Å². The second-order valence-electron chi connectivity index (χ2n) is 2.96. The monoisotopic (exact) mass is 279 g/mol. The Bertz CT molecular complexity index is 440. The molecule has 0 radical (unpaired) electrons. The maximum Gasteiger partial charge on any atom is 0.573 e. The van der Waals surface area contributed by atoms with E-state index in [1.165, 1.54) is 0 Å². The number of hydrogen-bond acceptors (Lipinski definition) is 3. The van der Waals surface area contributed by atoms with Crippen molar-refractivity contribution in [1.29, 1.82) is 0 Å². The molecule has 0 aliphatic heterocycles. The predicted molar refractivity (Wildman–Crippen MR) is 41.8 cm³/mol. The Labute approximate surface area is 94.8 Å². The van der Waals surface area contributed by atoms with Crippen LogP contribution in [0.5, 0.6) is 5.75 Å². The molecule has 0 spiro atoms. The van der Waals surface area contributed by atoms with E-state index in [1.807, 2.05) is 0 Å². The van der Waals surface area contributed by atoms with Crippen LogP contribution in [-0.2, 0) is 12.8 Å². The van der Waals surface area contributed by atoms with Gasteiger partial charge in [0, 0.05) is 0 Å². The molecule has 1 aromatic rings. The summed E-state index contributed by atoms with van der Waals surface area (Å²) in [4.78, 5) is 2.87. The predicted octanol–water partition coefficient (Wildman–Crippen LogP) is 2.63. The van der Waals surface area contributed by atoms with Crippen LogP contribution in [0.15, 0.2) is 6.20 Å². The van der Waals surface area contributed by atoms with Crippen LogP contribution in [-0.4, -0.2) is 16.5 Å². The highest BCUT2D eigenvalue weighted by Crippen LogP contribution is 2.37. The number of nitrogens with zero attached hydrogens (tertiary/aromatic N) is 1. The molecule has 10 heteroatoms. The number of ether oxygens (including phenoxy) is 1. The van der Waals surface area contributed by atoms with E-state index in [-0.39, 0.29) is 6.20 Å². The number of halogens is 7. The number of aromatic nitrogens is 1. The lowest BCUT2D eigenvalue weighted by molar-refractivity contribution is -0.276. The summed E-state index contributed by atoms with van der Waals surface area (Å²) in [7, 11) is 0. The molecule has 0 saturated heterocycles. The van der Waals surface area contributed by atoms with E-state index in [0.29, 0.717) is 0 Å². The van der Waals surface area contributed by atoms with E-state index in [0.717, 1.165) is 0 Å². The summed E-state index contributed by atoms with van der Waals surface area (Å²) in [5.41, 5.74) is -3.22. The van der Waals surface area contributed by atoms with Crippen LogP contribution in [0.3, 0.4) is 0 Å². The van der Waals surface area contributed by atoms with Gasteiger partial charge in [-0.1, -0.05) is 0 Å². The summed E-state index contributed by atoms with van der Waals surface area (Å²) >= 11 is 0. The second-order valence-corrected chi connectivity index (χ2v) is 2.96. The van der Waals surface area contributed by atoms with Gasteiger partial charge in [0.2, 0.25) is 0 Å². The van der Waals surface area contributed by atoms with Gasteiger partial charge in [0.15, 0.2) is 11.6 Å². The van der Waals surface area contributed by atoms with E-state index in [9.17, 15) is 30.7 Å². The van der Waals surface area contributed by atoms with Crippen LogP contribution in [0.2, 0.25) is 0 Å². The molecule has 1 heterocycles. The van der Waals surface area contributed by atoms with E-state index < -0.39 is 42.0 Å². The molecular weight excluding hydrogens is 275 g/mol. The average Bonchev–Trinajstić information content (AvgIpc) is 2.16. The summed E-state index contributed by atoms with van der Waals surface area (Å²) < 4.78 is 88.8. The quantitative estimate of drug-likeness (QED) is 0.846. The third kappa shape index (κ3) is 3.22. The van der Waals surface area contributed by atoms with Crippen LogP contribution in [0.4, 0.5) is 30.7 Å². The number of aliphatic hydroxyl groups is 1. The number of hydrogen-bond donors (Lipinski definition) is 1. The van der Waals surface area contributed by atoms with Crippen molar-refractivity contribution in [1.82, 2.24) is 4.98 Å². The van der Waals surface area contributed by atoms with Gasteiger partial charge >= 0.3 is 12.5 Å². The SMILES string of the molecule is OCc1ncc(OC(F)(F)F)c(F)c1C(F)(F)F. The fraction of sp³-hybridized carbons (Fsp3) is 0.375. The molecule has 3 nitrogen and oxygen atoms in total. The van der Waals surface area contributed by atoms with E-state index >= 15 is 0 Å². The molecule has 1 rings (SSSR count). The summed E-state index contributed by atoms with van der Waals surface area (Å²) in [5.74, 6) is -3.99. The highest BCUT2D eigenvalue weighted by atomic mass is 19.4. The molecule has 1 aromatic heterocycles. The zero-order valence-corrected chi connectivity index (χ0v) is 8.23. The van der Waals surface area contributed by atoms with E-state index in [4.69, 9.17) is 5.11 Å². The smallest absolute Gasteiger partial charge is 0.401 e. The molecule has 1 N–H and O–H groups in total. The highest BCUT2D eigenvalue weighted by molar-refractivity contribution is 5.34. The molecule has 0 fully saturated rings. The van der Waals surface area contributed by atoms with Gasteiger partial charge in [-0.3, -0.25) is 4.98 Å². The van der Waals surface area contributed by atoms with Gasteiger partial charge in [-0.15, -0.1) is 13.2 Å². The van der Waals surface area contributed by atoms with E-state index in [2.05, 4.69) is 9.72 Å². The van der Waals surface area contributed by atoms with Crippen molar-refractivity contribution in [2.75, 3.05) is 0 Å². The molecule has 102 valence electrons. The Morgan fingerprint density at radius 2 is 1.72 bits per heavy atom. The van der Waals surface area contributed by atoms with Crippen LogP contribution >= 0.6 is 0 Å². The largest absolute Gasteiger partial charge is 0.573 e. The van der Waals surface area contributed by atoms with E-state index in [1.54, 1.807) is 0 Å². The molecule has 0 saturated carbocycles. The third-order valence-corrected chi connectivity index (χ3v) is 1.72. The number of pyridine rings is 1. The first kappa shape index (κ1) is 14.5. The van der Waals surface area contributed by atoms with Gasteiger partial charge in [-0.05, 0) is 0 Å². The van der Waals surface area contributed by atoms with Gasteiger partial charge in [0.05, 0.1) is 18.5 Å². The Kier molecular flexibility index (Phi) is 3.70. The second kappa shape index (κ2) is 4.59. The molecule has 0 aliphatic rings. The molecule has 0 atom stereocenters. The zero-order chi connectivity index (χ0) is 14.1. The van der Waals surface area contributed by atoms with Crippen molar-refractivity contribution in [3.8, 4) is 5.75 Å². The molecule has 0 aliphatic carbocycles. The van der Waals surface area contributed by atoms with Gasteiger partial charge < -0.3 is 9.84 Å². The first-order valence-electron chi connectivity index (χ1n) is 4.17. The molecule has 0 unspecified atom stereocenters. The summed E-state index contributed by atoms with van der Waals surface area (Å²) in [6.07, 6.45) is -10.5. The molecule has 0 bridgehead atoms. The first-order valence-corrected chi connectivity index (χ1v) is 4.17. The third-order valence-electron chi connectivity index (χ3n) is 1.72. The highest BCUT2D eigenvalue weighted by Gasteiger charge is 2.41. The minimum atomic E-state index is -5.36. The van der Waals surface area contributed by atoms with Crippen molar-refractivity contribution in [3.63, 3.8) is 0 Å². The van der Waals surface area contributed by atoms with Crippen molar-refractivity contribution < 1.29 is 40.6 Å². The average molecular weight is 279 g/mol. The summed E-state index contributed by atoms with van der Waals surface area (Å²) in [6, 6.07) is 0. The number of rotatable bonds is 2. The molecular formula is C8H4F7NO2. The Hall–Kier alpha value is -1.58. The minimum Gasteiger partial charge on any atom is -0.401 e. The Morgan fingerprint density at radius 1 is 1.17 bits per heavy atom. The summed E-state index contributed by atoms with van der Waals surface area (Å²) in [5, 5.41) is 8.54. The molecule has 0 aromatic carbocycles. The van der Waals surface area contributed by atoms with Crippen LogP contribution in [0.1, 0.15) is 11.3 Å². The van der Waals surface area contributed by atoms with Gasteiger partial charge in [0.25, 0.3) is 0 Å². The Balaban J connectivity index is 3.35. The molecule has 18 heavy (non-hydrogen) atoms. The van der Waals surface area contributed by atoms with Crippen LogP contribution in [0.25, 0.3) is 0 Å². The lowest BCUT2D eigenvalue weighted by Crippen LogP contribution is -2.21. The van der Waals surface area contributed by atoms with Crippen molar-refractivity contribution in [2.24, 2.45) is 0 Å². The van der Waals surface area contributed by atoms with Crippen LogP contribution < -0.4 is 4.74 Å². The molecule has 0 amide bonds. The number of alkyl halides is 6. The maximum atomic E-state index is 13.3. The van der Waals surface area contributed by atoms with Crippen LogP contribution in [0, 0.1) is 5.82 Å². The first-order chi connectivity index (χ1) is 8.06. The fourth-order valence-corrected chi connectivity index (χ4v) is 1.11. The maximum absolute atomic E-state index is 13.3. The van der Waals surface area contributed by atoms with Crippen molar-refractivity contribution >= 4 is 0 Å². The topological polar surface area (TPSA) is 42.4 Å². The zero-order valence-electron chi connectivity index (χ0n) is 8.23. The lowest BCUT2D eigenvalue weighted by Gasteiger charge is -2.15. The minimum absolute atomic E-state index is 0.115. The lowest BCUT2D eigenvalue weighted by atomic mass is 10.1. The number of aliphatic hydroxyl groups excluding tert-OH is 1. The van der Waals surface area contributed by atoms with Gasteiger partial charge in [0.1, 0.15) is 5.56 Å². The fourth-order valence-electron chi connectivity index (χ4n) is 1.11.